The highest BCUT2D eigenvalue weighted by molar-refractivity contribution is 5.87. The molecule has 0 radical (unpaired) electrons. The summed E-state index contributed by atoms with van der Waals surface area (Å²) in [6.07, 6.45) is 0.413. The van der Waals surface area contributed by atoms with E-state index in [9.17, 15) is 15.0 Å². The predicted octanol–water partition coefficient (Wildman–Crippen LogP) is 2.88. The number of methoxy groups -OCH3 is 1. The second-order valence-corrected chi connectivity index (χ2v) is 7.48. The van der Waals surface area contributed by atoms with Crippen molar-refractivity contribution in [1.82, 2.24) is 15.0 Å². The number of H-pyrrole nitrogens is 1. The molecule has 0 saturated heterocycles. The number of aromatic amines is 1. The van der Waals surface area contributed by atoms with Crippen LogP contribution in [0, 0.1) is 0 Å². The lowest BCUT2D eigenvalue weighted by atomic mass is 10.1. The minimum Gasteiger partial charge on any atom is -0.493 e. The van der Waals surface area contributed by atoms with E-state index in [2.05, 4.69) is 15.0 Å². The Labute approximate surface area is 188 Å². The van der Waals surface area contributed by atoms with Crippen LogP contribution in [0.5, 0.6) is 23.1 Å². The molecule has 2 atom stereocenters. The number of carbonyl (C=O) groups is 1. The van der Waals surface area contributed by atoms with Gasteiger partial charge < -0.3 is 34.5 Å². The Hall–Kier alpha value is -3.89. The topological polar surface area (TPSA) is 147 Å². The number of ether oxygens (including phenoxy) is 3. The molecule has 0 aliphatic rings. The van der Waals surface area contributed by atoms with Gasteiger partial charge in [0, 0.05) is 29.6 Å². The van der Waals surface area contributed by atoms with Crippen LogP contribution in [0.25, 0.3) is 21.8 Å². The van der Waals surface area contributed by atoms with E-state index in [0.717, 1.165) is 10.9 Å². The van der Waals surface area contributed by atoms with Gasteiger partial charge in [-0.2, -0.15) is 0 Å². The molecule has 2 aromatic carbocycles. The van der Waals surface area contributed by atoms with Crippen LogP contribution in [-0.2, 0) is 4.79 Å². The molecule has 0 fully saturated rings. The number of fused-ring (bicyclic) bond motifs is 2. The Morgan fingerprint density at radius 1 is 1.09 bits per heavy atom. The first kappa shape index (κ1) is 22.3. The third-order valence-electron chi connectivity index (χ3n) is 5.01. The summed E-state index contributed by atoms with van der Waals surface area (Å²) in [4.78, 5) is 22.3. The lowest BCUT2D eigenvalue weighted by Gasteiger charge is -2.17. The van der Waals surface area contributed by atoms with Crippen molar-refractivity contribution in [2.75, 3.05) is 13.7 Å². The van der Waals surface area contributed by atoms with Crippen molar-refractivity contribution in [3.8, 4) is 23.1 Å². The zero-order valence-corrected chi connectivity index (χ0v) is 17.8. The van der Waals surface area contributed by atoms with E-state index in [4.69, 9.17) is 19.3 Å². The van der Waals surface area contributed by atoms with Gasteiger partial charge in [0.2, 0.25) is 5.88 Å². The van der Waals surface area contributed by atoms with E-state index >= 15 is 0 Å². The Kier molecular flexibility index (Phi) is 6.57. The van der Waals surface area contributed by atoms with E-state index in [0.29, 0.717) is 34.0 Å². The zero-order chi connectivity index (χ0) is 23.4. The lowest BCUT2D eigenvalue weighted by Crippen LogP contribution is -2.25. The van der Waals surface area contributed by atoms with Gasteiger partial charge in [-0.05, 0) is 30.3 Å². The highest BCUT2D eigenvalue weighted by Crippen LogP contribution is 2.36. The molecular formula is C23H23N3O7. The van der Waals surface area contributed by atoms with Gasteiger partial charge in [-0.1, -0.05) is 0 Å². The molecule has 10 heteroatoms. The second-order valence-electron chi connectivity index (χ2n) is 7.48. The molecule has 0 unspecified atom stereocenters. The lowest BCUT2D eigenvalue weighted by molar-refractivity contribution is -0.139. The van der Waals surface area contributed by atoms with Crippen LogP contribution in [0.3, 0.4) is 0 Å². The van der Waals surface area contributed by atoms with Crippen molar-refractivity contribution >= 4 is 27.8 Å². The molecule has 4 N–H and O–H groups in total. The van der Waals surface area contributed by atoms with Crippen molar-refractivity contribution in [2.24, 2.45) is 0 Å². The summed E-state index contributed by atoms with van der Waals surface area (Å²) in [6, 6.07) is 10.9. The van der Waals surface area contributed by atoms with E-state index < -0.39 is 24.6 Å². The predicted molar refractivity (Wildman–Crippen MR) is 119 cm³/mol. The molecule has 0 aliphatic carbocycles. The summed E-state index contributed by atoms with van der Waals surface area (Å²) >= 11 is 0. The molecule has 0 aliphatic heterocycles. The quantitative estimate of drug-likeness (QED) is 0.284. The van der Waals surface area contributed by atoms with E-state index in [-0.39, 0.29) is 13.0 Å². The Balaban J connectivity index is 1.53. The van der Waals surface area contributed by atoms with Crippen molar-refractivity contribution < 1.29 is 34.3 Å². The monoisotopic (exact) mass is 453 g/mol. The highest BCUT2D eigenvalue weighted by Gasteiger charge is 2.18. The highest BCUT2D eigenvalue weighted by atomic mass is 16.5. The van der Waals surface area contributed by atoms with Gasteiger partial charge >= 0.3 is 5.97 Å². The largest absolute Gasteiger partial charge is 0.493 e. The number of nitrogens with zero attached hydrogens (tertiary/aromatic N) is 2. The van der Waals surface area contributed by atoms with Crippen LogP contribution >= 0.6 is 0 Å². The summed E-state index contributed by atoms with van der Waals surface area (Å²) in [5.41, 5.74) is 1.54. The van der Waals surface area contributed by atoms with Crippen LogP contribution < -0.4 is 14.2 Å². The third-order valence-corrected chi connectivity index (χ3v) is 5.01. The van der Waals surface area contributed by atoms with Gasteiger partial charge in [-0.25, -0.2) is 9.97 Å². The van der Waals surface area contributed by atoms with Crippen molar-refractivity contribution in [2.45, 2.75) is 25.0 Å². The van der Waals surface area contributed by atoms with Crippen LogP contribution in [0.1, 0.15) is 12.8 Å². The normalized spacial score (nSPS) is 13.1. The molecule has 0 bridgehead atoms. The number of aliphatic hydroxyl groups excluding tert-OH is 2. The second kappa shape index (κ2) is 9.72. The number of carboxylic acids is 1. The van der Waals surface area contributed by atoms with Gasteiger partial charge in [0.1, 0.15) is 18.7 Å². The standard InChI is InChI=1S/C23H23N3O7/c1-31-20-9-17-19(10-21(20)32-11-15(28)7-14(27)8-22(29)30)25-12-26-23(17)33-16-2-3-18-13(6-16)4-5-24-18/h2-6,9-10,12,14-15,24,27-28H,7-8,11H2,1H3,(H,29,30)/t14-,15+/m1/s1. The van der Waals surface area contributed by atoms with Gasteiger partial charge in [0.05, 0.1) is 36.6 Å². The molecule has 4 aromatic rings. The van der Waals surface area contributed by atoms with Gasteiger partial charge in [-0.3, -0.25) is 4.79 Å². The summed E-state index contributed by atoms with van der Waals surface area (Å²) in [7, 11) is 1.48. The number of aliphatic hydroxyl groups is 2. The SMILES string of the molecule is COc1cc2c(Oc3ccc4[nH]ccc4c3)ncnc2cc1OC[C@@H](O)C[C@@H](O)CC(=O)O. The van der Waals surface area contributed by atoms with E-state index in [1.807, 2.05) is 30.5 Å². The fourth-order valence-corrected chi connectivity index (χ4v) is 3.45. The first-order valence-corrected chi connectivity index (χ1v) is 10.2. The van der Waals surface area contributed by atoms with Crippen LogP contribution in [-0.4, -0.2) is 62.2 Å². The number of aliphatic carboxylic acids is 1. The summed E-state index contributed by atoms with van der Waals surface area (Å²) < 4.78 is 17.1. The van der Waals surface area contributed by atoms with Crippen LogP contribution in [0.15, 0.2) is 48.9 Å². The Bertz CT molecular complexity index is 1270. The Morgan fingerprint density at radius 2 is 1.94 bits per heavy atom. The average molecular weight is 453 g/mol. The summed E-state index contributed by atoms with van der Waals surface area (Å²) in [6.45, 7) is -0.163. The fraction of sp³-hybridized carbons (Fsp3) is 0.261. The number of hydrogen-bond donors (Lipinski definition) is 4. The number of benzene rings is 2. The molecule has 33 heavy (non-hydrogen) atoms. The maximum atomic E-state index is 10.7. The number of nitrogens with one attached hydrogen (secondary N) is 1. The molecule has 10 nitrogen and oxygen atoms in total. The minimum atomic E-state index is -1.17. The minimum absolute atomic E-state index is 0.131. The van der Waals surface area contributed by atoms with Crippen LogP contribution in [0.2, 0.25) is 0 Å². The van der Waals surface area contributed by atoms with E-state index in [1.54, 1.807) is 12.1 Å². The molecule has 172 valence electrons. The van der Waals surface area contributed by atoms with Gasteiger partial charge in [0.15, 0.2) is 11.5 Å². The third kappa shape index (κ3) is 5.30. The summed E-state index contributed by atoms with van der Waals surface area (Å²) in [5.74, 6) is 0.523. The summed E-state index contributed by atoms with van der Waals surface area (Å²) in [5, 5.41) is 30.1. The fourth-order valence-electron chi connectivity index (χ4n) is 3.45. The van der Waals surface area contributed by atoms with Crippen LogP contribution in [0.4, 0.5) is 0 Å². The number of rotatable bonds is 10. The molecule has 2 aromatic heterocycles. The average Bonchev–Trinajstić information content (AvgIpc) is 3.24. The first-order valence-electron chi connectivity index (χ1n) is 10.2. The van der Waals surface area contributed by atoms with Gasteiger partial charge in [0.25, 0.3) is 0 Å². The van der Waals surface area contributed by atoms with Crippen molar-refractivity contribution in [1.29, 1.82) is 0 Å². The smallest absolute Gasteiger partial charge is 0.305 e. The van der Waals surface area contributed by atoms with Crippen molar-refractivity contribution in [3.63, 3.8) is 0 Å². The molecule has 0 spiro atoms. The Morgan fingerprint density at radius 3 is 2.73 bits per heavy atom. The molecule has 2 heterocycles. The van der Waals surface area contributed by atoms with Gasteiger partial charge in [-0.15, -0.1) is 0 Å². The maximum absolute atomic E-state index is 10.7. The molecule has 0 saturated carbocycles. The number of carboxylic acid groups (broad SMARTS) is 1. The maximum Gasteiger partial charge on any atom is 0.305 e. The molecule has 0 amide bonds. The zero-order valence-electron chi connectivity index (χ0n) is 17.8. The molecule has 4 rings (SSSR count). The van der Waals surface area contributed by atoms with Crippen molar-refractivity contribution in [3.05, 3.63) is 48.9 Å². The van der Waals surface area contributed by atoms with E-state index in [1.165, 1.54) is 13.4 Å². The number of hydrogen-bond acceptors (Lipinski definition) is 8. The molecular weight excluding hydrogens is 430 g/mol. The first-order chi connectivity index (χ1) is 15.9. The number of aromatic nitrogens is 3.